The third-order valence-corrected chi connectivity index (χ3v) is 5.25. The summed E-state index contributed by atoms with van der Waals surface area (Å²) in [4.78, 5) is 2.23. The predicted molar refractivity (Wildman–Crippen MR) is 128 cm³/mol. The fraction of sp³-hybridized carbons (Fsp3) is 0.423. The summed E-state index contributed by atoms with van der Waals surface area (Å²) in [5.41, 5.74) is 2.92. The molecule has 0 fully saturated rings. The van der Waals surface area contributed by atoms with Gasteiger partial charge >= 0.3 is 0 Å². The van der Waals surface area contributed by atoms with Gasteiger partial charge in [0.1, 0.15) is 11.4 Å². The maximum Gasteiger partial charge on any atom is 0.222 e. The molecule has 32 heavy (non-hydrogen) atoms. The van der Waals surface area contributed by atoms with Gasteiger partial charge in [-0.2, -0.15) is 5.10 Å². The van der Waals surface area contributed by atoms with E-state index in [9.17, 15) is 5.11 Å². The first-order valence-corrected chi connectivity index (χ1v) is 11.2. The Morgan fingerprint density at radius 3 is 2.19 bits per heavy atom. The highest BCUT2D eigenvalue weighted by Gasteiger charge is 2.24. The highest BCUT2D eigenvalue weighted by atomic mass is 16.5. The van der Waals surface area contributed by atoms with Crippen LogP contribution < -0.4 is 4.74 Å². The van der Waals surface area contributed by atoms with Crippen molar-refractivity contribution in [3.63, 3.8) is 0 Å². The molecule has 3 aromatic rings. The minimum Gasteiger partial charge on any atom is -0.439 e. The van der Waals surface area contributed by atoms with Crippen LogP contribution in [0.15, 0.2) is 60.7 Å². The summed E-state index contributed by atoms with van der Waals surface area (Å²) >= 11 is 0. The van der Waals surface area contributed by atoms with Gasteiger partial charge in [0.2, 0.25) is 5.88 Å². The summed E-state index contributed by atoms with van der Waals surface area (Å²) in [6, 6.07) is 20.1. The number of aliphatic hydroxyl groups is 1. The SMILES string of the molecule is CC(C)OC[C@@H](O)CN(Cc1c(-c2ccccc2)nn(C)c1Oc1ccccc1)C(C)C. The number of hydrogen-bond acceptors (Lipinski definition) is 5. The van der Waals surface area contributed by atoms with Crippen LogP contribution >= 0.6 is 0 Å². The number of aliphatic hydroxyl groups excluding tert-OH is 1. The fourth-order valence-electron chi connectivity index (χ4n) is 3.54. The second kappa shape index (κ2) is 11.3. The van der Waals surface area contributed by atoms with Crippen LogP contribution in [-0.4, -0.2) is 51.2 Å². The lowest BCUT2D eigenvalue weighted by atomic mass is 10.1. The summed E-state index contributed by atoms with van der Waals surface area (Å²) in [5, 5.41) is 15.4. The van der Waals surface area contributed by atoms with Gasteiger partial charge in [-0.25, -0.2) is 4.68 Å². The normalized spacial score (nSPS) is 12.7. The van der Waals surface area contributed by atoms with Crippen molar-refractivity contribution in [1.82, 2.24) is 14.7 Å². The molecule has 0 aliphatic heterocycles. The second-order valence-electron chi connectivity index (χ2n) is 8.60. The van der Waals surface area contributed by atoms with E-state index in [1.54, 1.807) is 4.68 Å². The van der Waals surface area contributed by atoms with Crippen LogP contribution in [-0.2, 0) is 18.3 Å². The highest BCUT2D eigenvalue weighted by molar-refractivity contribution is 5.65. The number of aryl methyl sites for hydroxylation is 1. The van der Waals surface area contributed by atoms with Crippen LogP contribution in [0.25, 0.3) is 11.3 Å². The Morgan fingerprint density at radius 1 is 0.969 bits per heavy atom. The molecule has 1 heterocycles. The second-order valence-corrected chi connectivity index (χ2v) is 8.60. The van der Waals surface area contributed by atoms with E-state index in [1.165, 1.54) is 0 Å². The van der Waals surface area contributed by atoms with Crippen LogP contribution in [0.2, 0.25) is 0 Å². The van der Waals surface area contributed by atoms with E-state index in [2.05, 4.69) is 30.9 Å². The predicted octanol–water partition coefficient (Wildman–Crippen LogP) is 4.88. The number of para-hydroxylation sites is 1. The topological polar surface area (TPSA) is 59.8 Å². The maximum atomic E-state index is 10.6. The van der Waals surface area contributed by atoms with Crippen molar-refractivity contribution in [2.75, 3.05) is 13.2 Å². The van der Waals surface area contributed by atoms with Crippen molar-refractivity contribution in [2.24, 2.45) is 7.05 Å². The Hall–Kier alpha value is -2.67. The minimum absolute atomic E-state index is 0.0889. The summed E-state index contributed by atoms with van der Waals surface area (Å²) in [6.45, 7) is 9.62. The Bertz CT molecular complexity index is 955. The third kappa shape index (κ3) is 6.42. The number of benzene rings is 2. The molecule has 1 atom stereocenters. The molecule has 6 heteroatoms. The number of nitrogens with zero attached hydrogens (tertiary/aromatic N) is 3. The van der Waals surface area contributed by atoms with E-state index in [0.29, 0.717) is 25.6 Å². The van der Waals surface area contributed by atoms with Crippen molar-refractivity contribution >= 4 is 0 Å². The van der Waals surface area contributed by atoms with Gasteiger partial charge < -0.3 is 14.6 Å². The summed E-state index contributed by atoms with van der Waals surface area (Å²) in [6.07, 6.45) is -0.485. The lowest BCUT2D eigenvalue weighted by Crippen LogP contribution is -2.39. The Balaban J connectivity index is 1.94. The van der Waals surface area contributed by atoms with E-state index in [-0.39, 0.29) is 12.1 Å². The summed E-state index contributed by atoms with van der Waals surface area (Å²) < 4.78 is 13.7. The molecule has 0 radical (unpaired) electrons. The summed E-state index contributed by atoms with van der Waals surface area (Å²) in [7, 11) is 1.90. The Labute approximate surface area is 191 Å². The van der Waals surface area contributed by atoms with Crippen molar-refractivity contribution in [1.29, 1.82) is 0 Å². The van der Waals surface area contributed by atoms with Crippen molar-refractivity contribution in [3.05, 3.63) is 66.2 Å². The molecule has 0 saturated carbocycles. The Morgan fingerprint density at radius 2 is 1.59 bits per heavy atom. The molecule has 0 amide bonds. The van der Waals surface area contributed by atoms with Gasteiger partial charge in [0.25, 0.3) is 0 Å². The van der Waals surface area contributed by atoms with Gasteiger partial charge in [-0.1, -0.05) is 48.5 Å². The zero-order chi connectivity index (χ0) is 23.1. The van der Waals surface area contributed by atoms with Crippen molar-refractivity contribution in [3.8, 4) is 22.9 Å². The molecule has 0 spiro atoms. The summed E-state index contributed by atoms with van der Waals surface area (Å²) in [5.74, 6) is 1.46. The van der Waals surface area contributed by atoms with Gasteiger partial charge in [-0.05, 0) is 39.8 Å². The van der Waals surface area contributed by atoms with Crippen molar-refractivity contribution < 1.29 is 14.6 Å². The zero-order valence-corrected chi connectivity index (χ0v) is 19.7. The Kier molecular flexibility index (Phi) is 8.45. The van der Waals surface area contributed by atoms with Gasteiger partial charge in [-0.15, -0.1) is 0 Å². The quantitative estimate of drug-likeness (QED) is 0.463. The molecule has 1 aromatic heterocycles. The number of ether oxygens (including phenoxy) is 2. The number of hydrogen-bond donors (Lipinski definition) is 1. The number of rotatable bonds is 11. The molecule has 2 aromatic carbocycles. The largest absolute Gasteiger partial charge is 0.439 e. The van der Waals surface area contributed by atoms with Crippen LogP contribution in [0.4, 0.5) is 0 Å². The van der Waals surface area contributed by atoms with E-state index in [0.717, 1.165) is 22.6 Å². The molecule has 3 rings (SSSR count). The van der Waals surface area contributed by atoms with E-state index in [4.69, 9.17) is 14.6 Å². The molecule has 0 saturated heterocycles. The van der Waals surface area contributed by atoms with Crippen LogP contribution in [0.5, 0.6) is 11.6 Å². The van der Waals surface area contributed by atoms with Crippen LogP contribution in [0, 0.1) is 0 Å². The molecular formula is C26H35N3O3. The molecule has 172 valence electrons. The molecule has 1 N–H and O–H groups in total. The molecular weight excluding hydrogens is 402 g/mol. The maximum absolute atomic E-state index is 10.6. The average molecular weight is 438 g/mol. The van der Waals surface area contributed by atoms with Crippen LogP contribution in [0.1, 0.15) is 33.3 Å². The van der Waals surface area contributed by atoms with Gasteiger partial charge in [0, 0.05) is 31.7 Å². The average Bonchev–Trinajstić information content (AvgIpc) is 3.08. The van der Waals surface area contributed by atoms with Gasteiger partial charge in [0.05, 0.1) is 24.4 Å². The first-order chi connectivity index (χ1) is 15.3. The lowest BCUT2D eigenvalue weighted by molar-refractivity contribution is -0.0137. The standard InChI is InChI=1S/C26H35N3O3/c1-19(2)29(16-22(30)18-31-20(3)4)17-24-25(21-12-8-6-9-13-21)27-28(5)26(24)32-23-14-10-7-11-15-23/h6-15,19-20,22,30H,16-18H2,1-5H3/t22-/m0/s1. The minimum atomic E-state index is -0.574. The van der Waals surface area contributed by atoms with E-state index >= 15 is 0 Å². The van der Waals surface area contributed by atoms with E-state index in [1.807, 2.05) is 69.4 Å². The fourth-order valence-corrected chi connectivity index (χ4v) is 3.54. The van der Waals surface area contributed by atoms with Crippen LogP contribution in [0.3, 0.4) is 0 Å². The van der Waals surface area contributed by atoms with E-state index < -0.39 is 6.10 Å². The molecule has 0 bridgehead atoms. The monoisotopic (exact) mass is 437 g/mol. The smallest absolute Gasteiger partial charge is 0.222 e. The molecule has 0 unspecified atom stereocenters. The highest BCUT2D eigenvalue weighted by Crippen LogP contribution is 2.34. The molecule has 6 nitrogen and oxygen atoms in total. The zero-order valence-electron chi connectivity index (χ0n) is 19.7. The molecule has 0 aliphatic carbocycles. The van der Waals surface area contributed by atoms with Gasteiger partial charge in [0.15, 0.2) is 0 Å². The first-order valence-electron chi connectivity index (χ1n) is 11.2. The molecule has 0 aliphatic rings. The lowest BCUT2D eigenvalue weighted by Gasteiger charge is -2.29. The van der Waals surface area contributed by atoms with Crippen molar-refractivity contribution in [2.45, 2.75) is 52.5 Å². The first kappa shape index (κ1) is 24.0. The number of aromatic nitrogens is 2. The van der Waals surface area contributed by atoms with Gasteiger partial charge in [-0.3, -0.25) is 4.90 Å². The third-order valence-electron chi connectivity index (χ3n) is 5.25.